The molecule has 1 nitrogen and oxygen atoms in total. The Kier molecular flexibility index (Phi) is 13.6. The maximum Gasteiger partial charge on any atom is 0 e. The Bertz CT molecular complexity index is 186. The van der Waals surface area contributed by atoms with Crippen LogP contribution in [0.2, 0.25) is 0 Å². The molecule has 0 amide bonds. The molecule has 0 heterocycles. The molecule has 0 aromatic heterocycles. The van der Waals surface area contributed by atoms with E-state index in [2.05, 4.69) is 12.1 Å². The van der Waals surface area contributed by atoms with Crippen molar-refractivity contribution in [2.75, 3.05) is 0 Å². The van der Waals surface area contributed by atoms with Crippen molar-refractivity contribution in [2.45, 2.75) is 0 Å². The molecule has 0 aliphatic carbocycles. The van der Waals surface area contributed by atoms with Gasteiger partial charge in [-0.1, -0.05) is 60.7 Å². The van der Waals surface area contributed by atoms with E-state index in [1.54, 1.807) is 0 Å². The zero-order chi connectivity index (χ0) is 8.49. The molecule has 0 saturated carbocycles. The van der Waals surface area contributed by atoms with E-state index in [-0.39, 0.29) is 29.4 Å². The fourth-order valence-corrected chi connectivity index (χ4v) is 0.684. The van der Waals surface area contributed by atoms with Crippen molar-refractivity contribution >= 4 is 23.9 Å². The number of hydrogen-bond acceptors (Lipinski definition) is 0. The molecule has 2 aromatic rings. The second-order valence-corrected chi connectivity index (χ2v) is 2.15. The summed E-state index contributed by atoms with van der Waals surface area (Å²) >= 11 is 0. The average molecular weight is 291 g/mol. The van der Waals surface area contributed by atoms with E-state index < -0.39 is 0 Å². The van der Waals surface area contributed by atoms with E-state index in [4.69, 9.17) is 0 Å². The van der Waals surface area contributed by atoms with Crippen molar-refractivity contribution in [1.82, 2.24) is 0 Å². The first-order valence-electron chi connectivity index (χ1n) is 3.82. The van der Waals surface area contributed by atoms with Crippen LogP contribution in [0.1, 0.15) is 0 Å². The Morgan fingerprint density at radius 2 is 0.786 bits per heavy atom. The van der Waals surface area contributed by atoms with Gasteiger partial charge >= 0.3 is 0 Å². The minimum Gasteiger partial charge on any atom is -0.412 e. The van der Waals surface area contributed by atoms with E-state index in [0.29, 0.717) is 0 Å². The van der Waals surface area contributed by atoms with E-state index in [1.165, 1.54) is 0 Å². The van der Waals surface area contributed by atoms with Gasteiger partial charge in [-0.05, 0) is 12.1 Å². The van der Waals surface area contributed by atoms with Gasteiger partial charge in [-0.25, -0.2) is 0 Å². The largest absolute Gasteiger partial charge is 0.412 e. The van der Waals surface area contributed by atoms with Gasteiger partial charge < -0.3 is 5.48 Å². The molecule has 0 spiro atoms. The summed E-state index contributed by atoms with van der Waals surface area (Å²) in [6.45, 7) is 0. The molecule has 0 fully saturated rings. The minimum atomic E-state index is 0. The summed E-state index contributed by atoms with van der Waals surface area (Å²) in [5.74, 6) is 0. The molecular formula is C12H12OSn. The standard InChI is InChI=1S/2C6H5.H2O.Sn/c2*1-2-4-6-5-3-1;;/h2*1-5H;1H2;. The van der Waals surface area contributed by atoms with Crippen molar-refractivity contribution in [1.29, 1.82) is 0 Å². The number of rotatable bonds is 0. The van der Waals surface area contributed by atoms with Crippen molar-refractivity contribution in [2.24, 2.45) is 0 Å². The van der Waals surface area contributed by atoms with Gasteiger partial charge in [-0.3, -0.25) is 0 Å². The number of benzene rings is 2. The third kappa shape index (κ3) is 9.29. The third-order valence-electron chi connectivity index (χ3n) is 1.21. The summed E-state index contributed by atoms with van der Waals surface area (Å²) in [4.78, 5) is 0. The Balaban J connectivity index is 0. The van der Waals surface area contributed by atoms with Gasteiger partial charge in [0, 0.05) is 23.9 Å². The second-order valence-electron chi connectivity index (χ2n) is 2.15. The Labute approximate surface area is 102 Å². The maximum atomic E-state index is 2.89. The maximum absolute atomic E-state index is 2.89. The third-order valence-corrected chi connectivity index (χ3v) is 1.21. The molecule has 2 aromatic carbocycles. The normalized spacial score (nSPS) is 6.86. The van der Waals surface area contributed by atoms with Crippen LogP contribution in [0.25, 0.3) is 0 Å². The van der Waals surface area contributed by atoms with Crippen molar-refractivity contribution in [3.63, 3.8) is 0 Å². The zero-order valence-electron chi connectivity index (χ0n) is 7.77. The Morgan fingerprint density at radius 1 is 0.500 bits per heavy atom. The molecule has 2 N–H and O–H groups in total. The van der Waals surface area contributed by atoms with Gasteiger partial charge in [0.2, 0.25) is 0 Å². The predicted molar refractivity (Wildman–Crippen MR) is 59.9 cm³/mol. The number of hydrogen-bond donors (Lipinski definition) is 0. The SMILES string of the molecule is O.[Sn].[c]1ccccc1.[c]1ccccc1. The van der Waals surface area contributed by atoms with Crippen LogP contribution in [0.4, 0.5) is 0 Å². The van der Waals surface area contributed by atoms with Crippen LogP contribution in [-0.4, -0.2) is 29.4 Å². The van der Waals surface area contributed by atoms with Gasteiger partial charge in [0.25, 0.3) is 0 Å². The van der Waals surface area contributed by atoms with Crippen LogP contribution in [0, 0.1) is 12.1 Å². The molecule has 2 rings (SSSR count). The fraction of sp³-hybridized carbons (Fsp3) is 0. The smallest absolute Gasteiger partial charge is 0 e. The van der Waals surface area contributed by atoms with E-state index in [0.717, 1.165) is 0 Å². The molecule has 0 aliphatic rings. The summed E-state index contributed by atoms with van der Waals surface area (Å²) in [6.07, 6.45) is 0. The molecule has 2 heteroatoms. The molecule has 14 heavy (non-hydrogen) atoms. The van der Waals surface area contributed by atoms with E-state index >= 15 is 0 Å². The van der Waals surface area contributed by atoms with E-state index in [1.807, 2.05) is 60.7 Å². The van der Waals surface area contributed by atoms with Crippen molar-refractivity contribution in [3.8, 4) is 0 Å². The molecular weight excluding hydrogens is 279 g/mol. The first-order chi connectivity index (χ1) is 6.00. The van der Waals surface area contributed by atoms with Crippen LogP contribution in [0.5, 0.6) is 0 Å². The summed E-state index contributed by atoms with van der Waals surface area (Å²) < 4.78 is 0. The van der Waals surface area contributed by atoms with Crippen LogP contribution in [0.3, 0.4) is 0 Å². The van der Waals surface area contributed by atoms with Gasteiger partial charge in [0.1, 0.15) is 0 Å². The Hall–Kier alpha value is -0.801. The van der Waals surface area contributed by atoms with Crippen LogP contribution in [-0.2, 0) is 0 Å². The van der Waals surface area contributed by atoms with Gasteiger partial charge in [-0.2, -0.15) is 0 Å². The summed E-state index contributed by atoms with van der Waals surface area (Å²) in [5, 5.41) is 0. The summed E-state index contributed by atoms with van der Waals surface area (Å²) in [6, 6.07) is 25.0. The zero-order valence-corrected chi connectivity index (χ0v) is 10.6. The van der Waals surface area contributed by atoms with E-state index in [9.17, 15) is 0 Å². The quantitative estimate of drug-likeness (QED) is 0.663. The second kappa shape index (κ2) is 12.2. The monoisotopic (exact) mass is 292 g/mol. The molecule has 6 radical (unpaired) electrons. The first kappa shape index (κ1) is 15.7. The average Bonchev–Trinajstić information content (AvgIpc) is 2.24. The molecule has 0 bridgehead atoms. The van der Waals surface area contributed by atoms with Crippen LogP contribution < -0.4 is 0 Å². The minimum absolute atomic E-state index is 0. The topological polar surface area (TPSA) is 31.5 Å². The molecule has 0 atom stereocenters. The van der Waals surface area contributed by atoms with Gasteiger partial charge in [0.15, 0.2) is 0 Å². The van der Waals surface area contributed by atoms with Gasteiger partial charge in [-0.15, -0.1) is 0 Å². The van der Waals surface area contributed by atoms with Crippen LogP contribution >= 0.6 is 0 Å². The predicted octanol–water partition coefficient (Wildman–Crippen LogP) is 1.77. The molecule has 0 aliphatic heterocycles. The molecule has 0 unspecified atom stereocenters. The first-order valence-corrected chi connectivity index (χ1v) is 3.82. The summed E-state index contributed by atoms with van der Waals surface area (Å²) in [5.41, 5.74) is 0. The molecule has 0 saturated heterocycles. The van der Waals surface area contributed by atoms with Crippen LogP contribution in [0.15, 0.2) is 60.7 Å². The fourth-order valence-electron chi connectivity index (χ4n) is 0.684. The van der Waals surface area contributed by atoms with Crippen molar-refractivity contribution in [3.05, 3.63) is 72.8 Å². The van der Waals surface area contributed by atoms with Crippen molar-refractivity contribution < 1.29 is 5.48 Å². The summed E-state index contributed by atoms with van der Waals surface area (Å²) in [7, 11) is 0. The molecule has 70 valence electrons. The Morgan fingerprint density at radius 3 is 0.857 bits per heavy atom. The van der Waals surface area contributed by atoms with Gasteiger partial charge in [0.05, 0.1) is 0 Å².